The summed E-state index contributed by atoms with van der Waals surface area (Å²) in [5.41, 5.74) is 6.50. The van der Waals surface area contributed by atoms with E-state index in [9.17, 15) is 4.79 Å². The van der Waals surface area contributed by atoms with Gasteiger partial charge in [-0.2, -0.15) is 0 Å². The molecule has 4 N–H and O–H groups in total. The Morgan fingerprint density at radius 2 is 2.22 bits per heavy atom. The fourth-order valence-corrected chi connectivity index (χ4v) is 2.75. The molecule has 4 nitrogen and oxygen atoms in total. The van der Waals surface area contributed by atoms with E-state index in [1.807, 2.05) is 24.3 Å². The zero-order valence-corrected chi connectivity index (χ0v) is 11.0. The first-order valence-electron chi connectivity index (χ1n) is 5.83. The maximum Gasteiger partial charge on any atom is 0.263 e. The van der Waals surface area contributed by atoms with Crippen molar-refractivity contribution < 1.29 is 9.90 Å². The fourth-order valence-electron chi connectivity index (χ4n) is 1.71. The first-order chi connectivity index (χ1) is 8.59. The van der Waals surface area contributed by atoms with Gasteiger partial charge in [0.2, 0.25) is 0 Å². The van der Waals surface area contributed by atoms with Crippen molar-refractivity contribution in [1.29, 1.82) is 0 Å². The van der Waals surface area contributed by atoms with Gasteiger partial charge in [-0.3, -0.25) is 4.79 Å². The highest BCUT2D eigenvalue weighted by Gasteiger charge is 2.15. The molecule has 1 amide bonds. The number of nitrogen functional groups attached to an aromatic ring is 1. The third-order valence-corrected chi connectivity index (χ3v) is 3.87. The first kappa shape index (κ1) is 12.9. The number of nitrogens with two attached hydrogens (primary N) is 1. The molecule has 1 heterocycles. The van der Waals surface area contributed by atoms with Gasteiger partial charge < -0.3 is 16.2 Å². The van der Waals surface area contributed by atoms with E-state index in [0.29, 0.717) is 23.5 Å². The SMILES string of the molecule is CC(O)CCNC(=O)c1sc2ccccc2c1N. The van der Waals surface area contributed by atoms with Crippen molar-refractivity contribution in [2.75, 3.05) is 12.3 Å². The van der Waals surface area contributed by atoms with Crippen molar-refractivity contribution in [3.05, 3.63) is 29.1 Å². The van der Waals surface area contributed by atoms with Gasteiger partial charge >= 0.3 is 0 Å². The lowest BCUT2D eigenvalue weighted by Gasteiger charge is -2.05. The Kier molecular flexibility index (Phi) is 3.84. The lowest BCUT2D eigenvalue weighted by atomic mass is 10.2. The third-order valence-electron chi connectivity index (χ3n) is 2.69. The van der Waals surface area contributed by atoms with Gasteiger partial charge in [-0.1, -0.05) is 18.2 Å². The number of aliphatic hydroxyl groups excluding tert-OH is 1. The predicted octanol–water partition coefficient (Wildman–Crippen LogP) is 1.98. The number of carbonyl (C=O) groups excluding carboxylic acids is 1. The molecule has 18 heavy (non-hydrogen) atoms. The molecule has 1 aromatic carbocycles. The number of thiophene rings is 1. The number of carbonyl (C=O) groups is 1. The van der Waals surface area contributed by atoms with Crippen LogP contribution in [0.1, 0.15) is 23.0 Å². The Bertz CT molecular complexity index is 563. The molecule has 0 spiro atoms. The number of hydrogen-bond acceptors (Lipinski definition) is 4. The van der Waals surface area contributed by atoms with Gasteiger partial charge in [0.1, 0.15) is 4.88 Å². The minimum Gasteiger partial charge on any atom is -0.397 e. The molecule has 0 saturated carbocycles. The van der Waals surface area contributed by atoms with Crippen LogP contribution in [0.4, 0.5) is 5.69 Å². The quantitative estimate of drug-likeness (QED) is 0.790. The Morgan fingerprint density at radius 3 is 2.89 bits per heavy atom. The summed E-state index contributed by atoms with van der Waals surface area (Å²) < 4.78 is 1.01. The van der Waals surface area contributed by atoms with Crippen LogP contribution in [-0.2, 0) is 0 Å². The Hall–Kier alpha value is -1.59. The number of amides is 1. The summed E-state index contributed by atoms with van der Waals surface area (Å²) in [7, 11) is 0. The van der Waals surface area contributed by atoms with Crippen molar-refractivity contribution in [1.82, 2.24) is 5.32 Å². The first-order valence-corrected chi connectivity index (χ1v) is 6.64. The van der Waals surface area contributed by atoms with Crippen LogP contribution >= 0.6 is 11.3 Å². The molecule has 2 aromatic rings. The van der Waals surface area contributed by atoms with Gasteiger partial charge in [-0.15, -0.1) is 11.3 Å². The number of hydrogen-bond donors (Lipinski definition) is 3. The second kappa shape index (κ2) is 5.37. The number of aliphatic hydroxyl groups is 1. The van der Waals surface area contributed by atoms with Gasteiger partial charge in [-0.25, -0.2) is 0 Å². The summed E-state index contributed by atoms with van der Waals surface area (Å²) in [5, 5.41) is 12.8. The van der Waals surface area contributed by atoms with E-state index < -0.39 is 6.10 Å². The fraction of sp³-hybridized carbons (Fsp3) is 0.308. The minimum atomic E-state index is -0.412. The van der Waals surface area contributed by atoms with Crippen LogP contribution in [-0.4, -0.2) is 23.7 Å². The molecule has 5 heteroatoms. The second-order valence-corrected chi connectivity index (χ2v) is 5.29. The number of nitrogens with one attached hydrogen (secondary N) is 1. The molecule has 0 bridgehead atoms. The summed E-state index contributed by atoms with van der Waals surface area (Å²) in [4.78, 5) is 12.5. The zero-order chi connectivity index (χ0) is 13.1. The minimum absolute atomic E-state index is 0.172. The van der Waals surface area contributed by atoms with Crippen LogP contribution in [0.3, 0.4) is 0 Å². The number of anilines is 1. The van der Waals surface area contributed by atoms with Crippen LogP contribution in [0.15, 0.2) is 24.3 Å². The van der Waals surface area contributed by atoms with Crippen LogP contribution in [0.5, 0.6) is 0 Å². The highest BCUT2D eigenvalue weighted by Crippen LogP contribution is 2.33. The smallest absolute Gasteiger partial charge is 0.263 e. The van der Waals surface area contributed by atoms with Crippen LogP contribution in [0.2, 0.25) is 0 Å². The summed E-state index contributed by atoms with van der Waals surface area (Å²) >= 11 is 1.39. The maximum atomic E-state index is 12.0. The van der Waals surface area contributed by atoms with Gasteiger partial charge in [0.05, 0.1) is 11.8 Å². The number of benzene rings is 1. The molecule has 1 atom stereocenters. The molecule has 0 radical (unpaired) electrons. The monoisotopic (exact) mass is 264 g/mol. The van der Waals surface area contributed by atoms with Crippen LogP contribution in [0.25, 0.3) is 10.1 Å². The number of rotatable bonds is 4. The summed E-state index contributed by atoms with van der Waals surface area (Å²) in [5.74, 6) is -0.172. The maximum absolute atomic E-state index is 12.0. The second-order valence-electron chi connectivity index (χ2n) is 4.23. The molecule has 0 aliphatic carbocycles. The third kappa shape index (κ3) is 2.63. The highest BCUT2D eigenvalue weighted by molar-refractivity contribution is 7.21. The normalized spacial score (nSPS) is 12.6. The molecule has 2 rings (SSSR count). The van der Waals surface area contributed by atoms with E-state index in [1.165, 1.54) is 11.3 Å². The van der Waals surface area contributed by atoms with Crippen molar-refractivity contribution in [2.45, 2.75) is 19.4 Å². The van der Waals surface area contributed by atoms with E-state index in [1.54, 1.807) is 6.92 Å². The molecule has 96 valence electrons. The van der Waals surface area contributed by atoms with Crippen LogP contribution < -0.4 is 11.1 Å². The summed E-state index contributed by atoms with van der Waals surface area (Å²) in [6, 6.07) is 7.69. The van der Waals surface area contributed by atoms with E-state index in [0.717, 1.165) is 10.1 Å². The van der Waals surface area contributed by atoms with Crippen molar-refractivity contribution >= 4 is 33.0 Å². The average molecular weight is 264 g/mol. The Labute approximate surface area is 109 Å². The van der Waals surface area contributed by atoms with Gasteiger partial charge in [0.25, 0.3) is 5.91 Å². The molecule has 0 fully saturated rings. The van der Waals surface area contributed by atoms with Crippen molar-refractivity contribution in [3.8, 4) is 0 Å². The van der Waals surface area contributed by atoms with Crippen molar-refractivity contribution in [2.24, 2.45) is 0 Å². The molecule has 0 aliphatic heterocycles. The van der Waals surface area contributed by atoms with Gasteiger partial charge in [0, 0.05) is 16.6 Å². The average Bonchev–Trinajstić information content (AvgIpc) is 2.67. The van der Waals surface area contributed by atoms with Crippen LogP contribution in [0, 0.1) is 0 Å². The topological polar surface area (TPSA) is 75.3 Å². The molecule has 1 aromatic heterocycles. The molecular weight excluding hydrogens is 248 g/mol. The highest BCUT2D eigenvalue weighted by atomic mass is 32.1. The molecule has 0 aliphatic rings. The summed E-state index contributed by atoms with van der Waals surface area (Å²) in [6.07, 6.45) is 0.126. The predicted molar refractivity (Wildman–Crippen MR) is 74.9 cm³/mol. The zero-order valence-electron chi connectivity index (χ0n) is 10.1. The van der Waals surface area contributed by atoms with E-state index in [-0.39, 0.29) is 5.91 Å². The largest absolute Gasteiger partial charge is 0.397 e. The van der Waals surface area contributed by atoms with Crippen molar-refractivity contribution in [3.63, 3.8) is 0 Å². The lowest BCUT2D eigenvalue weighted by Crippen LogP contribution is -2.26. The number of fused-ring (bicyclic) bond motifs is 1. The standard InChI is InChI=1S/C13H16N2O2S/c1-8(16)6-7-15-13(17)12-11(14)9-4-2-3-5-10(9)18-12/h2-5,8,16H,6-7,14H2,1H3,(H,15,17). The molecular formula is C13H16N2O2S. The Balaban J connectivity index is 2.15. The van der Waals surface area contributed by atoms with Gasteiger partial charge in [0.15, 0.2) is 0 Å². The van der Waals surface area contributed by atoms with Gasteiger partial charge in [-0.05, 0) is 19.4 Å². The Morgan fingerprint density at radius 1 is 1.50 bits per heavy atom. The molecule has 0 saturated heterocycles. The lowest BCUT2D eigenvalue weighted by molar-refractivity contribution is 0.0950. The molecule has 1 unspecified atom stereocenters. The van der Waals surface area contributed by atoms with E-state index >= 15 is 0 Å². The summed E-state index contributed by atoms with van der Waals surface area (Å²) in [6.45, 7) is 2.14. The van der Waals surface area contributed by atoms with E-state index in [4.69, 9.17) is 10.8 Å². The van der Waals surface area contributed by atoms with E-state index in [2.05, 4.69) is 5.32 Å².